The topological polar surface area (TPSA) is 50.4 Å². The highest BCUT2D eigenvalue weighted by Crippen LogP contribution is 2.34. The van der Waals surface area contributed by atoms with Gasteiger partial charge in [0.15, 0.2) is 11.5 Å². The summed E-state index contributed by atoms with van der Waals surface area (Å²) >= 11 is 0. The maximum absolute atomic E-state index is 12.1. The third kappa shape index (κ3) is 1.82. The lowest BCUT2D eigenvalue weighted by Gasteiger charge is -2.22. The zero-order valence-electron chi connectivity index (χ0n) is 6.27. The molecule has 3 N–H and O–H groups in total. The van der Waals surface area contributed by atoms with Gasteiger partial charge in [-0.25, -0.2) is 4.99 Å². The zero-order valence-corrected chi connectivity index (χ0v) is 7.99. The number of halogens is 4. The number of nitrogens with one attached hydrogen (secondary N) is 1. The van der Waals surface area contributed by atoms with Crippen LogP contribution in [0, 0.1) is 0 Å². The van der Waals surface area contributed by atoms with E-state index >= 15 is 0 Å². The van der Waals surface area contributed by atoms with Crippen molar-refractivity contribution in [3.8, 4) is 0 Å². The Balaban J connectivity index is 0.00000121. The first kappa shape index (κ1) is 11.5. The average molecular weight is 248 g/mol. The molecule has 72 valence electrons. The molecular weight excluding hydrogens is 239 g/mol. The Morgan fingerprint density at radius 3 is 2.25 bits per heavy atom. The van der Waals surface area contributed by atoms with E-state index in [1.165, 1.54) is 0 Å². The minimum atomic E-state index is -4.33. The van der Waals surface area contributed by atoms with Gasteiger partial charge in [0.25, 0.3) is 0 Å². The van der Waals surface area contributed by atoms with Crippen LogP contribution >= 0.6 is 17.0 Å². The van der Waals surface area contributed by atoms with Crippen molar-refractivity contribution in [3.05, 3.63) is 0 Å². The summed E-state index contributed by atoms with van der Waals surface area (Å²) in [5.41, 5.74) is 3.00. The van der Waals surface area contributed by atoms with Gasteiger partial charge in [-0.3, -0.25) is 0 Å². The smallest absolute Gasteiger partial charge is 0.370 e. The number of nitrogens with two attached hydrogens (primary N) is 1. The summed E-state index contributed by atoms with van der Waals surface area (Å²) in [6.07, 6.45) is -4.33. The average Bonchev–Trinajstić information content (AvgIpc) is 2.10. The van der Waals surface area contributed by atoms with Gasteiger partial charge in [-0.05, 0) is 6.92 Å². The first-order chi connectivity index (χ1) is 4.85. The van der Waals surface area contributed by atoms with Gasteiger partial charge in [-0.1, -0.05) is 0 Å². The van der Waals surface area contributed by atoms with E-state index in [0.717, 1.165) is 6.92 Å². The maximum atomic E-state index is 12.1. The monoisotopic (exact) mass is 247 g/mol. The molecule has 0 aliphatic carbocycles. The Morgan fingerprint density at radius 1 is 1.58 bits per heavy atom. The number of alkyl halides is 3. The number of nitrogens with zero attached hydrogens (tertiary/aromatic N) is 1. The zero-order chi connectivity index (χ0) is 8.70. The molecule has 0 aromatic carbocycles. The van der Waals surface area contributed by atoms with Crippen molar-refractivity contribution >= 4 is 22.9 Å². The molecule has 0 bridgehead atoms. The first-order valence-corrected chi connectivity index (χ1v) is 3.01. The van der Waals surface area contributed by atoms with Crippen LogP contribution in [-0.4, -0.2) is 24.2 Å². The standard InChI is InChI=1S/C5H8F3N3.BrH/c1-4(5(6,7)8)2-10-3(9)11-4;/h2H2,1H3,(H3,9,10,11);1H/t4-;/m0./s1. The van der Waals surface area contributed by atoms with E-state index in [-0.39, 0.29) is 29.5 Å². The second-order valence-electron chi connectivity index (χ2n) is 2.62. The third-order valence-electron chi connectivity index (χ3n) is 1.59. The van der Waals surface area contributed by atoms with Crippen molar-refractivity contribution < 1.29 is 13.2 Å². The molecule has 1 aliphatic heterocycles. The number of guanidine groups is 1. The van der Waals surface area contributed by atoms with Gasteiger partial charge < -0.3 is 11.1 Å². The third-order valence-corrected chi connectivity index (χ3v) is 1.59. The normalized spacial score (nSPS) is 28.8. The fraction of sp³-hybridized carbons (Fsp3) is 0.800. The van der Waals surface area contributed by atoms with Gasteiger partial charge in [-0.2, -0.15) is 13.2 Å². The Bertz CT molecular complexity index is 203. The summed E-state index contributed by atoms with van der Waals surface area (Å²) in [5, 5.41) is 2.32. The molecule has 0 fully saturated rings. The van der Waals surface area contributed by atoms with Crippen LogP contribution in [0.2, 0.25) is 0 Å². The van der Waals surface area contributed by atoms with E-state index < -0.39 is 11.7 Å². The first-order valence-electron chi connectivity index (χ1n) is 3.01. The van der Waals surface area contributed by atoms with Gasteiger partial charge in [0.1, 0.15) is 0 Å². The predicted molar refractivity (Wildman–Crippen MR) is 44.4 cm³/mol. The van der Waals surface area contributed by atoms with Crippen LogP contribution in [0.3, 0.4) is 0 Å². The molecule has 0 radical (unpaired) electrons. The van der Waals surface area contributed by atoms with Crippen LogP contribution in [0.15, 0.2) is 4.99 Å². The fourth-order valence-electron chi connectivity index (χ4n) is 0.771. The molecule has 0 spiro atoms. The largest absolute Gasteiger partial charge is 0.415 e. The molecular formula is C5H9BrF3N3. The molecule has 7 heteroatoms. The summed E-state index contributed by atoms with van der Waals surface area (Å²) in [6.45, 7) is 0.724. The van der Waals surface area contributed by atoms with Gasteiger partial charge in [0, 0.05) is 0 Å². The van der Waals surface area contributed by atoms with E-state index in [0.29, 0.717) is 0 Å². The van der Waals surface area contributed by atoms with Crippen molar-refractivity contribution in [1.29, 1.82) is 0 Å². The van der Waals surface area contributed by atoms with Gasteiger partial charge in [0.05, 0.1) is 6.54 Å². The van der Waals surface area contributed by atoms with E-state index in [4.69, 9.17) is 5.73 Å². The molecule has 1 atom stereocenters. The van der Waals surface area contributed by atoms with Gasteiger partial charge in [0.2, 0.25) is 0 Å². The SMILES string of the molecule is Br.C[C@@]1(C(F)(F)F)CNC(N)=N1. The molecule has 1 heterocycles. The summed E-state index contributed by atoms with van der Waals surface area (Å²) < 4.78 is 36.3. The van der Waals surface area contributed by atoms with Crippen LogP contribution in [-0.2, 0) is 0 Å². The quantitative estimate of drug-likeness (QED) is 0.666. The van der Waals surface area contributed by atoms with E-state index in [2.05, 4.69) is 10.3 Å². The van der Waals surface area contributed by atoms with Crippen LogP contribution < -0.4 is 11.1 Å². The minimum Gasteiger partial charge on any atom is -0.370 e. The summed E-state index contributed by atoms with van der Waals surface area (Å²) in [4.78, 5) is 3.25. The molecule has 3 nitrogen and oxygen atoms in total. The highest BCUT2D eigenvalue weighted by molar-refractivity contribution is 8.93. The number of rotatable bonds is 0. The van der Waals surface area contributed by atoms with Crippen molar-refractivity contribution in [1.82, 2.24) is 5.32 Å². The van der Waals surface area contributed by atoms with Crippen molar-refractivity contribution in [3.63, 3.8) is 0 Å². The molecule has 0 saturated carbocycles. The lowest BCUT2D eigenvalue weighted by molar-refractivity contribution is -0.175. The van der Waals surface area contributed by atoms with Crippen molar-refractivity contribution in [2.24, 2.45) is 10.7 Å². The number of hydrogen-bond acceptors (Lipinski definition) is 3. The minimum absolute atomic E-state index is 0. The van der Waals surface area contributed by atoms with Crippen LogP contribution in [0.1, 0.15) is 6.92 Å². The molecule has 0 aromatic rings. The Hall–Kier alpha value is -0.460. The molecule has 1 aliphatic rings. The molecule has 0 amide bonds. The Kier molecular flexibility index (Phi) is 3.00. The molecule has 1 rings (SSSR count). The highest BCUT2D eigenvalue weighted by Gasteiger charge is 2.53. The van der Waals surface area contributed by atoms with E-state index in [1.807, 2.05) is 0 Å². The fourth-order valence-corrected chi connectivity index (χ4v) is 0.771. The predicted octanol–water partition coefficient (Wildman–Crippen LogP) is 0.803. The van der Waals surface area contributed by atoms with Gasteiger partial charge in [-0.15, -0.1) is 17.0 Å². The molecule has 12 heavy (non-hydrogen) atoms. The summed E-state index contributed by atoms with van der Waals surface area (Å²) in [6, 6.07) is 0. The van der Waals surface area contributed by atoms with Crippen LogP contribution in [0.5, 0.6) is 0 Å². The molecule has 0 aromatic heterocycles. The van der Waals surface area contributed by atoms with Crippen LogP contribution in [0.25, 0.3) is 0 Å². The molecule has 0 unspecified atom stereocenters. The maximum Gasteiger partial charge on any atom is 0.415 e. The number of aliphatic imine (C=N–C) groups is 1. The van der Waals surface area contributed by atoms with Crippen LogP contribution in [0.4, 0.5) is 13.2 Å². The van der Waals surface area contributed by atoms with Crippen molar-refractivity contribution in [2.45, 2.75) is 18.6 Å². The van der Waals surface area contributed by atoms with Gasteiger partial charge >= 0.3 is 6.18 Å². The summed E-state index contributed by atoms with van der Waals surface area (Å²) in [5.74, 6) is -0.148. The second kappa shape index (κ2) is 3.12. The lowest BCUT2D eigenvalue weighted by atomic mass is 10.0. The molecule has 0 saturated heterocycles. The highest BCUT2D eigenvalue weighted by atomic mass is 79.9. The second-order valence-corrected chi connectivity index (χ2v) is 2.62. The van der Waals surface area contributed by atoms with E-state index in [9.17, 15) is 13.2 Å². The van der Waals surface area contributed by atoms with Crippen molar-refractivity contribution in [2.75, 3.05) is 6.54 Å². The Morgan fingerprint density at radius 2 is 2.08 bits per heavy atom. The summed E-state index contributed by atoms with van der Waals surface area (Å²) in [7, 11) is 0. The Labute approximate surface area is 78.0 Å². The number of hydrogen-bond donors (Lipinski definition) is 2. The van der Waals surface area contributed by atoms with E-state index in [1.54, 1.807) is 0 Å². The lowest BCUT2D eigenvalue weighted by Crippen LogP contribution is -2.44.